The van der Waals surface area contributed by atoms with Gasteiger partial charge in [0.25, 0.3) is 5.78 Å². The number of hydrogen-bond acceptors (Lipinski definition) is 9. The Morgan fingerprint density at radius 3 is 2.51 bits per heavy atom. The molecule has 2 aliphatic rings. The second kappa shape index (κ2) is 9.95. The quantitative estimate of drug-likeness (QED) is 0.203. The number of aliphatic hydroxyl groups excluding tert-OH is 1. The van der Waals surface area contributed by atoms with Crippen LogP contribution >= 0.6 is 11.3 Å². The zero-order valence-corrected chi connectivity index (χ0v) is 22.0. The SMILES string of the molecule is CCOc1ccc([C@@H]2/C(=C(\O)c3ccc4c(c3)OCCO4)C(=O)C(=O)N2c2nc3ccc(OC)cc3s2)cc1. The molecule has 4 aromatic rings. The summed E-state index contributed by atoms with van der Waals surface area (Å²) in [7, 11) is 1.57. The largest absolute Gasteiger partial charge is 0.507 e. The van der Waals surface area contributed by atoms with Crippen molar-refractivity contribution in [3.63, 3.8) is 0 Å². The van der Waals surface area contributed by atoms with Crippen LogP contribution in [0.1, 0.15) is 24.1 Å². The number of carbonyl (C=O) groups is 2. The van der Waals surface area contributed by atoms with E-state index in [1.54, 1.807) is 61.7 Å². The standard InChI is InChI=1S/C29H24N2O7S/c1-3-36-18-7-4-16(5-8-18)25-24(26(32)17-6-11-21-22(14-17)38-13-12-37-21)27(33)28(34)31(25)29-30-20-10-9-19(35-2)15-23(20)39-29/h4-11,14-15,25,32H,3,12-13H2,1-2H3/b26-24+/t25-/m1/s1. The zero-order valence-electron chi connectivity index (χ0n) is 21.2. The molecule has 6 rings (SSSR count). The molecule has 0 bridgehead atoms. The minimum absolute atomic E-state index is 0.0438. The molecular formula is C29H24N2O7S. The van der Waals surface area contributed by atoms with E-state index in [2.05, 4.69) is 4.98 Å². The van der Waals surface area contributed by atoms with E-state index in [0.29, 0.717) is 64.6 Å². The predicted molar refractivity (Wildman–Crippen MR) is 146 cm³/mol. The fraction of sp³-hybridized carbons (Fsp3) is 0.207. The number of aromatic nitrogens is 1. The number of ether oxygens (including phenoxy) is 4. The number of hydrogen-bond donors (Lipinski definition) is 1. The minimum atomic E-state index is -0.920. The normalized spacial score (nSPS) is 18.0. The van der Waals surface area contributed by atoms with Crippen molar-refractivity contribution in [1.82, 2.24) is 4.98 Å². The molecule has 1 amide bonds. The van der Waals surface area contributed by atoms with E-state index < -0.39 is 17.7 Å². The number of Topliss-reactive ketones (excluding diaryl/α,β-unsaturated/α-hetero) is 1. The van der Waals surface area contributed by atoms with Crippen LogP contribution in [-0.2, 0) is 9.59 Å². The van der Waals surface area contributed by atoms with Crippen molar-refractivity contribution in [1.29, 1.82) is 0 Å². The Morgan fingerprint density at radius 2 is 1.77 bits per heavy atom. The predicted octanol–water partition coefficient (Wildman–Crippen LogP) is 5.10. The number of thiazole rings is 1. The Bertz CT molecular complexity index is 1630. The number of ketones is 1. The number of methoxy groups -OCH3 is 1. The van der Waals surface area contributed by atoms with Crippen molar-refractivity contribution >= 4 is 44.1 Å². The second-order valence-electron chi connectivity index (χ2n) is 8.86. The molecule has 0 unspecified atom stereocenters. The molecule has 0 saturated carbocycles. The topological polar surface area (TPSA) is 107 Å². The maximum atomic E-state index is 13.5. The summed E-state index contributed by atoms with van der Waals surface area (Å²) in [6.45, 7) is 3.18. The van der Waals surface area contributed by atoms with E-state index in [4.69, 9.17) is 18.9 Å². The van der Waals surface area contributed by atoms with Gasteiger partial charge in [0.05, 0.1) is 35.5 Å². The van der Waals surface area contributed by atoms with Crippen molar-refractivity contribution in [2.75, 3.05) is 31.8 Å². The molecule has 1 aromatic heterocycles. The monoisotopic (exact) mass is 544 g/mol. The van der Waals surface area contributed by atoms with E-state index in [-0.39, 0.29) is 11.3 Å². The summed E-state index contributed by atoms with van der Waals surface area (Å²) in [6.07, 6.45) is 0. The van der Waals surface area contributed by atoms with Gasteiger partial charge in [0, 0.05) is 5.56 Å². The van der Waals surface area contributed by atoms with Crippen molar-refractivity contribution < 1.29 is 33.6 Å². The van der Waals surface area contributed by atoms with E-state index in [1.807, 2.05) is 13.0 Å². The fourth-order valence-corrected chi connectivity index (χ4v) is 5.75. The molecule has 0 aliphatic carbocycles. The summed E-state index contributed by atoms with van der Waals surface area (Å²) < 4.78 is 22.9. The fourth-order valence-electron chi connectivity index (χ4n) is 4.73. The molecule has 3 aromatic carbocycles. The van der Waals surface area contributed by atoms with Crippen LogP contribution in [0.3, 0.4) is 0 Å². The van der Waals surface area contributed by atoms with E-state index in [1.165, 1.54) is 16.2 Å². The van der Waals surface area contributed by atoms with E-state index >= 15 is 0 Å². The van der Waals surface area contributed by atoms with Crippen LogP contribution in [0.4, 0.5) is 5.13 Å². The lowest BCUT2D eigenvalue weighted by molar-refractivity contribution is -0.132. The summed E-state index contributed by atoms with van der Waals surface area (Å²) in [5.74, 6) is 0.411. The number of anilines is 1. The Labute approximate surface area is 227 Å². The number of benzene rings is 3. The van der Waals surface area contributed by atoms with Gasteiger partial charge in [0.1, 0.15) is 30.5 Å². The van der Waals surface area contributed by atoms with Gasteiger partial charge in [-0.2, -0.15) is 0 Å². The highest BCUT2D eigenvalue weighted by atomic mass is 32.1. The summed E-state index contributed by atoms with van der Waals surface area (Å²) in [6, 6.07) is 16.5. The minimum Gasteiger partial charge on any atom is -0.507 e. The van der Waals surface area contributed by atoms with Crippen LogP contribution in [0.2, 0.25) is 0 Å². The molecule has 1 atom stereocenters. The summed E-state index contributed by atoms with van der Waals surface area (Å²) in [5.41, 5.74) is 1.57. The number of fused-ring (bicyclic) bond motifs is 2. The van der Waals surface area contributed by atoms with Gasteiger partial charge in [-0.05, 0) is 61.0 Å². The molecule has 39 heavy (non-hydrogen) atoms. The van der Waals surface area contributed by atoms with Crippen LogP contribution in [0.25, 0.3) is 16.0 Å². The maximum absolute atomic E-state index is 13.5. The lowest BCUT2D eigenvalue weighted by Gasteiger charge is -2.23. The smallest absolute Gasteiger partial charge is 0.301 e. The van der Waals surface area contributed by atoms with Gasteiger partial charge in [0.2, 0.25) is 0 Å². The molecule has 0 spiro atoms. The van der Waals surface area contributed by atoms with Crippen LogP contribution in [0.5, 0.6) is 23.0 Å². The molecule has 0 radical (unpaired) electrons. The van der Waals surface area contributed by atoms with E-state index in [9.17, 15) is 14.7 Å². The third kappa shape index (κ3) is 4.32. The van der Waals surface area contributed by atoms with Gasteiger partial charge in [-0.3, -0.25) is 14.5 Å². The lowest BCUT2D eigenvalue weighted by Crippen LogP contribution is -2.29. The Kier molecular flexibility index (Phi) is 6.32. The first kappa shape index (κ1) is 24.7. The van der Waals surface area contributed by atoms with Crippen molar-refractivity contribution in [2.24, 2.45) is 0 Å². The molecule has 1 fully saturated rings. The highest BCUT2D eigenvalue weighted by Gasteiger charge is 2.48. The molecule has 1 N–H and O–H groups in total. The van der Waals surface area contributed by atoms with Gasteiger partial charge in [-0.15, -0.1) is 0 Å². The van der Waals surface area contributed by atoms with Crippen LogP contribution < -0.4 is 23.8 Å². The molecule has 3 heterocycles. The van der Waals surface area contributed by atoms with Crippen LogP contribution in [0.15, 0.2) is 66.2 Å². The summed E-state index contributed by atoms with van der Waals surface area (Å²) >= 11 is 1.26. The van der Waals surface area contributed by atoms with Crippen molar-refractivity contribution in [3.8, 4) is 23.0 Å². The zero-order chi connectivity index (χ0) is 27.1. The third-order valence-corrected chi connectivity index (χ3v) is 7.57. The number of rotatable bonds is 6. The second-order valence-corrected chi connectivity index (χ2v) is 9.87. The highest BCUT2D eigenvalue weighted by Crippen LogP contribution is 2.45. The average molecular weight is 545 g/mol. The van der Waals surface area contributed by atoms with E-state index in [0.717, 1.165) is 4.70 Å². The maximum Gasteiger partial charge on any atom is 0.301 e. The van der Waals surface area contributed by atoms with Gasteiger partial charge in [0.15, 0.2) is 16.6 Å². The highest BCUT2D eigenvalue weighted by molar-refractivity contribution is 7.22. The number of carbonyl (C=O) groups excluding carboxylic acids is 2. The Balaban J connectivity index is 1.51. The average Bonchev–Trinajstić information content (AvgIpc) is 3.50. The van der Waals surface area contributed by atoms with Crippen LogP contribution in [0, 0.1) is 0 Å². The third-order valence-electron chi connectivity index (χ3n) is 6.56. The van der Waals surface area contributed by atoms with Gasteiger partial charge in [-0.1, -0.05) is 23.5 Å². The molecule has 10 heteroatoms. The van der Waals surface area contributed by atoms with Gasteiger partial charge < -0.3 is 24.1 Å². The van der Waals surface area contributed by atoms with Crippen LogP contribution in [-0.4, -0.2) is 48.7 Å². The van der Waals surface area contributed by atoms with Gasteiger partial charge in [-0.25, -0.2) is 4.98 Å². The van der Waals surface area contributed by atoms with Crippen molar-refractivity contribution in [2.45, 2.75) is 13.0 Å². The summed E-state index contributed by atoms with van der Waals surface area (Å²) in [5, 5.41) is 11.8. The van der Waals surface area contributed by atoms with Crippen molar-refractivity contribution in [3.05, 3.63) is 77.4 Å². The molecule has 198 valence electrons. The molecule has 9 nitrogen and oxygen atoms in total. The Morgan fingerprint density at radius 1 is 1.03 bits per heavy atom. The number of aliphatic hydroxyl groups is 1. The number of amides is 1. The molecular weight excluding hydrogens is 520 g/mol. The summed E-state index contributed by atoms with van der Waals surface area (Å²) in [4.78, 5) is 33.1. The first-order valence-corrected chi connectivity index (χ1v) is 13.2. The lowest BCUT2D eigenvalue weighted by atomic mass is 9.95. The Hall–Kier alpha value is -4.57. The first-order chi connectivity index (χ1) is 19.0. The van der Waals surface area contributed by atoms with Gasteiger partial charge >= 0.3 is 5.91 Å². The molecule has 2 aliphatic heterocycles. The first-order valence-electron chi connectivity index (χ1n) is 12.4. The molecule has 1 saturated heterocycles. The number of nitrogens with zero attached hydrogens (tertiary/aromatic N) is 2.